The Balaban J connectivity index is 2.08. The van der Waals surface area contributed by atoms with E-state index in [2.05, 4.69) is 25.2 Å². The molecule has 0 aliphatic carbocycles. The summed E-state index contributed by atoms with van der Waals surface area (Å²) < 4.78 is 5.36. The number of fused-ring (bicyclic) bond motifs is 1. The van der Waals surface area contributed by atoms with Crippen LogP contribution in [0.25, 0.3) is 11.0 Å². The van der Waals surface area contributed by atoms with Crippen LogP contribution in [-0.4, -0.2) is 48.3 Å². The van der Waals surface area contributed by atoms with E-state index in [0.29, 0.717) is 5.95 Å². The first-order valence-corrected chi connectivity index (χ1v) is 5.74. The van der Waals surface area contributed by atoms with Gasteiger partial charge in [0.2, 0.25) is 5.95 Å². The second-order valence-corrected chi connectivity index (χ2v) is 3.96. The number of hydrogen-bond donors (Lipinski definition) is 2. The number of hydrogen-bond acceptors (Lipinski definition) is 5. The summed E-state index contributed by atoms with van der Waals surface area (Å²) in [6.07, 6.45) is 1.89. The molecule has 17 heavy (non-hydrogen) atoms. The Morgan fingerprint density at radius 3 is 2.94 bits per heavy atom. The van der Waals surface area contributed by atoms with Gasteiger partial charge in [-0.25, -0.2) is 4.98 Å². The molecule has 6 nitrogen and oxygen atoms in total. The van der Waals surface area contributed by atoms with Gasteiger partial charge in [0.25, 0.3) is 0 Å². The topological polar surface area (TPSA) is 66.1 Å². The Labute approximate surface area is 99.0 Å². The molecule has 2 aromatic heterocycles. The Morgan fingerprint density at radius 2 is 2.18 bits per heavy atom. The summed E-state index contributed by atoms with van der Waals surface area (Å²) in [7, 11) is 1.83. The maximum Gasteiger partial charge on any atom is 0.225 e. The van der Waals surface area contributed by atoms with Crippen LogP contribution in [0.15, 0.2) is 12.3 Å². The van der Waals surface area contributed by atoms with Crippen molar-refractivity contribution >= 4 is 22.8 Å². The van der Waals surface area contributed by atoms with Gasteiger partial charge in [-0.3, -0.25) is 0 Å². The zero-order chi connectivity index (χ0) is 11.7. The smallest absolute Gasteiger partial charge is 0.225 e. The molecule has 0 amide bonds. The molecule has 0 atom stereocenters. The van der Waals surface area contributed by atoms with Crippen molar-refractivity contribution < 1.29 is 4.74 Å². The standard InChI is InChI=1S/C11H15N5O/c1-12-11-14-8-2-3-13-9(8)10(15-11)16-4-6-17-7-5-16/h2-3,13H,4-7H2,1H3,(H,12,14,15). The molecule has 90 valence electrons. The summed E-state index contributed by atoms with van der Waals surface area (Å²) >= 11 is 0. The van der Waals surface area contributed by atoms with Gasteiger partial charge in [0.05, 0.1) is 18.7 Å². The number of rotatable bonds is 2. The molecule has 1 aliphatic heterocycles. The van der Waals surface area contributed by atoms with Gasteiger partial charge in [-0.05, 0) is 6.07 Å². The Morgan fingerprint density at radius 1 is 1.35 bits per heavy atom. The fourth-order valence-corrected chi connectivity index (χ4v) is 2.04. The van der Waals surface area contributed by atoms with Gasteiger partial charge in [-0.15, -0.1) is 0 Å². The van der Waals surface area contributed by atoms with E-state index in [-0.39, 0.29) is 0 Å². The third-order valence-corrected chi connectivity index (χ3v) is 2.92. The van der Waals surface area contributed by atoms with Crippen LogP contribution in [0.4, 0.5) is 11.8 Å². The molecule has 0 unspecified atom stereocenters. The minimum Gasteiger partial charge on any atom is -0.378 e. The van der Waals surface area contributed by atoms with Gasteiger partial charge >= 0.3 is 0 Å². The lowest BCUT2D eigenvalue weighted by atomic mass is 10.3. The highest BCUT2D eigenvalue weighted by Crippen LogP contribution is 2.24. The lowest BCUT2D eigenvalue weighted by Crippen LogP contribution is -2.37. The van der Waals surface area contributed by atoms with Gasteiger partial charge in [0.1, 0.15) is 5.52 Å². The van der Waals surface area contributed by atoms with Crippen molar-refractivity contribution in [2.75, 3.05) is 43.6 Å². The van der Waals surface area contributed by atoms with Crippen molar-refractivity contribution in [3.05, 3.63) is 12.3 Å². The average molecular weight is 233 g/mol. The summed E-state index contributed by atoms with van der Waals surface area (Å²) in [6.45, 7) is 3.24. The maximum atomic E-state index is 5.36. The second kappa shape index (κ2) is 4.21. The maximum absolute atomic E-state index is 5.36. The fraction of sp³-hybridized carbons (Fsp3) is 0.455. The van der Waals surface area contributed by atoms with Gasteiger partial charge < -0.3 is 19.9 Å². The van der Waals surface area contributed by atoms with E-state index < -0.39 is 0 Å². The van der Waals surface area contributed by atoms with Crippen molar-refractivity contribution in [2.24, 2.45) is 0 Å². The quantitative estimate of drug-likeness (QED) is 0.804. The Bertz CT molecular complexity index is 518. The van der Waals surface area contributed by atoms with Crippen molar-refractivity contribution in [1.82, 2.24) is 15.0 Å². The predicted octanol–water partition coefficient (Wildman–Crippen LogP) is 0.836. The number of nitrogens with zero attached hydrogens (tertiary/aromatic N) is 3. The second-order valence-electron chi connectivity index (χ2n) is 3.96. The van der Waals surface area contributed by atoms with Crippen molar-refractivity contribution in [2.45, 2.75) is 0 Å². The summed E-state index contributed by atoms with van der Waals surface area (Å²) in [5.74, 6) is 1.60. The molecule has 0 aromatic carbocycles. The summed E-state index contributed by atoms with van der Waals surface area (Å²) in [6, 6.07) is 1.96. The van der Waals surface area contributed by atoms with Crippen LogP contribution in [0, 0.1) is 0 Å². The first kappa shape index (κ1) is 10.3. The third-order valence-electron chi connectivity index (χ3n) is 2.92. The normalized spacial score (nSPS) is 16.4. The number of H-pyrrole nitrogens is 1. The monoisotopic (exact) mass is 233 g/mol. The number of aromatic amines is 1. The van der Waals surface area contributed by atoms with E-state index in [1.807, 2.05) is 19.3 Å². The Hall–Kier alpha value is -1.82. The van der Waals surface area contributed by atoms with Crippen molar-refractivity contribution in [1.29, 1.82) is 0 Å². The summed E-state index contributed by atoms with van der Waals surface area (Å²) in [5.41, 5.74) is 1.93. The highest BCUT2D eigenvalue weighted by Gasteiger charge is 2.17. The summed E-state index contributed by atoms with van der Waals surface area (Å²) in [4.78, 5) is 14.4. The predicted molar refractivity (Wildman–Crippen MR) is 66.5 cm³/mol. The number of ether oxygens (including phenoxy) is 1. The zero-order valence-corrected chi connectivity index (χ0v) is 9.73. The van der Waals surface area contributed by atoms with E-state index in [4.69, 9.17) is 4.74 Å². The zero-order valence-electron chi connectivity index (χ0n) is 9.73. The van der Waals surface area contributed by atoms with Crippen LogP contribution >= 0.6 is 0 Å². The molecule has 0 radical (unpaired) electrons. The first-order chi connectivity index (χ1) is 8.38. The minimum absolute atomic E-state index is 0.651. The number of anilines is 2. The van der Waals surface area contributed by atoms with Crippen molar-refractivity contribution in [3.63, 3.8) is 0 Å². The van der Waals surface area contributed by atoms with Crippen LogP contribution in [0.2, 0.25) is 0 Å². The largest absolute Gasteiger partial charge is 0.378 e. The molecule has 1 fully saturated rings. The van der Waals surface area contributed by atoms with E-state index in [1.54, 1.807) is 0 Å². The Kier molecular flexibility index (Phi) is 2.56. The van der Waals surface area contributed by atoms with E-state index in [9.17, 15) is 0 Å². The highest BCUT2D eigenvalue weighted by atomic mass is 16.5. The van der Waals surface area contributed by atoms with Gasteiger partial charge in [0, 0.05) is 26.3 Å². The molecule has 3 rings (SSSR count). The molecule has 2 N–H and O–H groups in total. The fourth-order valence-electron chi connectivity index (χ4n) is 2.04. The number of morpholine rings is 1. The molecule has 1 saturated heterocycles. The minimum atomic E-state index is 0.651. The lowest BCUT2D eigenvalue weighted by molar-refractivity contribution is 0.122. The molecule has 0 bridgehead atoms. The molecule has 3 heterocycles. The van der Waals surface area contributed by atoms with E-state index in [1.165, 1.54) is 0 Å². The van der Waals surface area contributed by atoms with E-state index >= 15 is 0 Å². The van der Waals surface area contributed by atoms with Gasteiger partial charge in [-0.1, -0.05) is 0 Å². The molecule has 0 spiro atoms. The molecule has 6 heteroatoms. The lowest BCUT2D eigenvalue weighted by Gasteiger charge is -2.28. The highest BCUT2D eigenvalue weighted by molar-refractivity contribution is 5.87. The van der Waals surface area contributed by atoms with Crippen LogP contribution in [0.5, 0.6) is 0 Å². The molecule has 1 aliphatic rings. The first-order valence-electron chi connectivity index (χ1n) is 5.74. The third kappa shape index (κ3) is 1.80. The van der Waals surface area contributed by atoms with Gasteiger partial charge in [-0.2, -0.15) is 4.98 Å². The van der Waals surface area contributed by atoms with Crippen LogP contribution in [-0.2, 0) is 4.74 Å². The summed E-state index contributed by atoms with van der Waals surface area (Å²) in [5, 5.41) is 2.99. The molecule has 2 aromatic rings. The molecule has 0 saturated carbocycles. The number of aromatic nitrogens is 3. The average Bonchev–Trinajstić information content (AvgIpc) is 2.86. The van der Waals surface area contributed by atoms with E-state index in [0.717, 1.165) is 43.2 Å². The van der Waals surface area contributed by atoms with Crippen LogP contribution in [0.1, 0.15) is 0 Å². The van der Waals surface area contributed by atoms with Gasteiger partial charge in [0.15, 0.2) is 5.82 Å². The van der Waals surface area contributed by atoms with Crippen LogP contribution < -0.4 is 10.2 Å². The van der Waals surface area contributed by atoms with Crippen LogP contribution in [0.3, 0.4) is 0 Å². The SMILES string of the molecule is CNc1nc(N2CCOCC2)c2[nH]ccc2n1. The van der Waals surface area contributed by atoms with Crippen molar-refractivity contribution in [3.8, 4) is 0 Å². The number of nitrogens with one attached hydrogen (secondary N) is 2. The molecular weight excluding hydrogens is 218 g/mol. The molecular formula is C11H15N5O.